The monoisotopic (exact) mass is 350 g/mol. The Morgan fingerprint density at radius 2 is 2.20 bits per heavy atom. The standard InChI is InChI=1S/C18H30N4O3/c1-12-10-14-15(13(2)25-12)19-20-16(14)17(23)21(5)6-7-22-8-9-24-18(3,4)11-22/h12-13H,6-11H2,1-5H3,(H,19,20)/t12-,13+/m1/s1. The zero-order chi connectivity index (χ0) is 18.2. The molecule has 3 rings (SSSR count). The Labute approximate surface area is 149 Å². The second kappa shape index (κ2) is 7.05. The number of rotatable bonds is 4. The van der Waals surface area contributed by atoms with Crippen molar-refractivity contribution >= 4 is 5.91 Å². The summed E-state index contributed by atoms with van der Waals surface area (Å²) in [5, 5.41) is 7.29. The van der Waals surface area contributed by atoms with Crippen molar-refractivity contribution < 1.29 is 14.3 Å². The Hall–Kier alpha value is -1.44. The van der Waals surface area contributed by atoms with Gasteiger partial charge in [0.15, 0.2) is 5.69 Å². The van der Waals surface area contributed by atoms with E-state index in [-0.39, 0.29) is 23.7 Å². The smallest absolute Gasteiger partial charge is 0.274 e. The number of nitrogens with one attached hydrogen (secondary N) is 1. The van der Waals surface area contributed by atoms with Gasteiger partial charge in [-0.15, -0.1) is 0 Å². The highest BCUT2D eigenvalue weighted by atomic mass is 16.5. The first kappa shape index (κ1) is 18.4. The molecule has 1 fully saturated rings. The molecule has 1 amide bonds. The number of hydrogen-bond donors (Lipinski definition) is 1. The molecule has 0 spiro atoms. The number of H-pyrrole nitrogens is 1. The summed E-state index contributed by atoms with van der Waals surface area (Å²) >= 11 is 0. The van der Waals surface area contributed by atoms with Gasteiger partial charge in [0.25, 0.3) is 5.91 Å². The van der Waals surface area contributed by atoms with Crippen LogP contribution < -0.4 is 0 Å². The van der Waals surface area contributed by atoms with E-state index in [1.165, 1.54) is 0 Å². The Bertz CT molecular complexity index is 628. The molecular formula is C18H30N4O3. The molecule has 2 atom stereocenters. The van der Waals surface area contributed by atoms with Crippen LogP contribution in [-0.4, -0.2) is 77.4 Å². The van der Waals surface area contributed by atoms with E-state index in [9.17, 15) is 4.79 Å². The highest BCUT2D eigenvalue weighted by Gasteiger charge is 2.31. The van der Waals surface area contributed by atoms with Crippen LogP contribution in [0.25, 0.3) is 0 Å². The lowest BCUT2D eigenvalue weighted by Gasteiger charge is -2.38. The van der Waals surface area contributed by atoms with Crippen molar-refractivity contribution in [3.63, 3.8) is 0 Å². The van der Waals surface area contributed by atoms with Crippen molar-refractivity contribution in [2.75, 3.05) is 39.8 Å². The number of nitrogens with zero attached hydrogens (tertiary/aromatic N) is 3. The van der Waals surface area contributed by atoms with Gasteiger partial charge in [-0.25, -0.2) is 0 Å². The van der Waals surface area contributed by atoms with Crippen LogP contribution in [0, 0.1) is 0 Å². The van der Waals surface area contributed by atoms with Crippen molar-refractivity contribution in [1.82, 2.24) is 20.0 Å². The van der Waals surface area contributed by atoms with Gasteiger partial charge in [0.2, 0.25) is 0 Å². The number of likely N-dealkylation sites (N-methyl/N-ethyl adjacent to an activating group) is 1. The van der Waals surface area contributed by atoms with Gasteiger partial charge in [-0.1, -0.05) is 0 Å². The molecule has 3 heterocycles. The van der Waals surface area contributed by atoms with Gasteiger partial charge in [0.05, 0.1) is 30.1 Å². The zero-order valence-electron chi connectivity index (χ0n) is 16.0. The predicted octanol–water partition coefficient (Wildman–Crippen LogP) is 1.61. The fourth-order valence-corrected chi connectivity index (χ4v) is 3.73. The number of aromatic amines is 1. The highest BCUT2D eigenvalue weighted by molar-refractivity contribution is 5.94. The fourth-order valence-electron chi connectivity index (χ4n) is 3.73. The Morgan fingerprint density at radius 3 is 2.92 bits per heavy atom. The van der Waals surface area contributed by atoms with Gasteiger partial charge in [-0.05, 0) is 27.7 Å². The molecule has 2 aliphatic rings. The van der Waals surface area contributed by atoms with Crippen molar-refractivity contribution in [1.29, 1.82) is 0 Å². The summed E-state index contributed by atoms with van der Waals surface area (Å²) < 4.78 is 11.5. The predicted molar refractivity (Wildman–Crippen MR) is 94.7 cm³/mol. The highest BCUT2D eigenvalue weighted by Crippen LogP contribution is 2.30. The minimum Gasteiger partial charge on any atom is -0.373 e. The van der Waals surface area contributed by atoms with Gasteiger partial charge in [-0.2, -0.15) is 5.10 Å². The van der Waals surface area contributed by atoms with Crippen LogP contribution in [0.2, 0.25) is 0 Å². The third-order valence-corrected chi connectivity index (χ3v) is 5.04. The molecule has 0 unspecified atom stereocenters. The molecule has 25 heavy (non-hydrogen) atoms. The molecule has 7 nitrogen and oxygen atoms in total. The van der Waals surface area contributed by atoms with Gasteiger partial charge >= 0.3 is 0 Å². The number of amides is 1. The third kappa shape index (κ3) is 4.04. The van der Waals surface area contributed by atoms with Crippen molar-refractivity contribution in [3.8, 4) is 0 Å². The largest absolute Gasteiger partial charge is 0.373 e. The van der Waals surface area contributed by atoms with Crippen LogP contribution >= 0.6 is 0 Å². The molecule has 1 aromatic heterocycles. The topological polar surface area (TPSA) is 70.7 Å². The molecule has 0 radical (unpaired) electrons. The second-order valence-corrected chi connectivity index (χ2v) is 7.87. The van der Waals surface area contributed by atoms with Crippen LogP contribution in [0.15, 0.2) is 0 Å². The molecule has 1 aromatic rings. The summed E-state index contributed by atoms with van der Waals surface area (Å²) in [6.07, 6.45) is 0.782. The van der Waals surface area contributed by atoms with E-state index >= 15 is 0 Å². The van der Waals surface area contributed by atoms with Crippen LogP contribution in [0.5, 0.6) is 0 Å². The number of aromatic nitrogens is 2. The average molecular weight is 350 g/mol. The summed E-state index contributed by atoms with van der Waals surface area (Å²) in [7, 11) is 1.85. The second-order valence-electron chi connectivity index (χ2n) is 7.87. The number of fused-ring (bicyclic) bond motifs is 1. The third-order valence-electron chi connectivity index (χ3n) is 5.04. The first-order valence-corrected chi connectivity index (χ1v) is 9.11. The quantitative estimate of drug-likeness (QED) is 0.893. The minimum atomic E-state index is -0.117. The summed E-state index contributed by atoms with van der Waals surface area (Å²) in [6.45, 7) is 12.3. The lowest BCUT2D eigenvalue weighted by molar-refractivity contribution is -0.0864. The molecule has 140 valence electrons. The van der Waals surface area contributed by atoms with E-state index in [1.54, 1.807) is 4.90 Å². The SMILES string of the molecule is C[C@@H]1Cc2c(C(=O)N(C)CCN3CCOC(C)(C)C3)n[nH]c2[C@H](C)O1. The zero-order valence-corrected chi connectivity index (χ0v) is 16.0. The van der Waals surface area contributed by atoms with Gasteiger partial charge < -0.3 is 14.4 Å². The lowest BCUT2D eigenvalue weighted by atomic mass is 9.99. The number of hydrogen-bond acceptors (Lipinski definition) is 5. The first-order valence-electron chi connectivity index (χ1n) is 9.11. The Balaban J connectivity index is 1.62. The number of morpholine rings is 1. The molecule has 1 saturated heterocycles. The molecular weight excluding hydrogens is 320 g/mol. The van der Waals surface area contributed by atoms with Crippen LogP contribution in [-0.2, 0) is 15.9 Å². The maximum atomic E-state index is 12.9. The molecule has 7 heteroatoms. The normalized spacial score (nSPS) is 26.3. The molecule has 0 bridgehead atoms. The number of carbonyl (C=O) groups is 1. The summed E-state index contributed by atoms with van der Waals surface area (Å²) in [5.74, 6) is -0.0219. The van der Waals surface area contributed by atoms with Crippen molar-refractivity contribution in [3.05, 3.63) is 17.0 Å². The molecule has 0 saturated carbocycles. The summed E-state index contributed by atoms with van der Waals surface area (Å²) in [5.41, 5.74) is 2.37. The first-order chi connectivity index (χ1) is 11.8. The maximum absolute atomic E-state index is 12.9. The van der Waals surface area contributed by atoms with E-state index in [1.807, 2.05) is 20.9 Å². The molecule has 0 aliphatic carbocycles. The van der Waals surface area contributed by atoms with Crippen molar-refractivity contribution in [2.24, 2.45) is 0 Å². The van der Waals surface area contributed by atoms with Crippen LogP contribution in [0.1, 0.15) is 55.5 Å². The summed E-state index contributed by atoms with van der Waals surface area (Å²) in [6, 6.07) is 0. The molecule has 1 N–H and O–H groups in total. The van der Waals surface area contributed by atoms with Crippen LogP contribution in [0.3, 0.4) is 0 Å². The minimum absolute atomic E-state index is 0.0219. The maximum Gasteiger partial charge on any atom is 0.274 e. The molecule has 2 aliphatic heterocycles. The van der Waals surface area contributed by atoms with Crippen LogP contribution in [0.4, 0.5) is 0 Å². The Kier molecular flexibility index (Phi) is 5.18. The number of ether oxygens (including phenoxy) is 2. The van der Waals surface area contributed by atoms with Gasteiger partial charge in [-0.3, -0.25) is 14.8 Å². The van der Waals surface area contributed by atoms with E-state index in [0.29, 0.717) is 12.2 Å². The van der Waals surface area contributed by atoms with E-state index in [4.69, 9.17) is 9.47 Å². The Morgan fingerprint density at radius 1 is 1.44 bits per heavy atom. The van der Waals surface area contributed by atoms with Crippen molar-refractivity contribution in [2.45, 2.75) is 51.9 Å². The van der Waals surface area contributed by atoms with E-state index in [2.05, 4.69) is 28.9 Å². The van der Waals surface area contributed by atoms with Gasteiger partial charge in [0, 0.05) is 45.2 Å². The van der Waals surface area contributed by atoms with E-state index in [0.717, 1.165) is 43.9 Å². The fraction of sp³-hybridized carbons (Fsp3) is 0.778. The molecule has 0 aromatic carbocycles. The number of carbonyl (C=O) groups excluding carboxylic acids is 1. The lowest BCUT2D eigenvalue weighted by Crippen LogP contribution is -2.50. The van der Waals surface area contributed by atoms with Gasteiger partial charge in [0.1, 0.15) is 0 Å². The summed E-state index contributed by atoms with van der Waals surface area (Å²) in [4.78, 5) is 17.0. The average Bonchev–Trinajstić information content (AvgIpc) is 2.95. The van der Waals surface area contributed by atoms with E-state index < -0.39 is 0 Å².